The molecule has 1 aromatic rings. The van der Waals surface area contributed by atoms with Crippen molar-refractivity contribution in [3.05, 3.63) is 27.8 Å². The van der Waals surface area contributed by atoms with Gasteiger partial charge >= 0.3 is 0 Å². The number of benzene rings is 1. The number of ether oxygens (including phenoxy) is 1. The molecule has 0 bridgehead atoms. The molecule has 0 amide bonds. The van der Waals surface area contributed by atoms with Crippen LogP contribution in [0.5, 0.6) is 5.75 Å². The van der Waals surface area contributed by atoms with Crippen molar-refractivity contribution in [3.8, 4) is 5.75 Å². The van der Waals surface area contributed by atoms with E-state index in [1.807, 2.05) is 0 Å². The van der Waals surface area contributed by atoms with Gasteiger partial charge in [0.25, 0.3) is 0 Å². The lowest BCUT2D eigenvalue weighted by atomic mass is 9.94. The zero-order chi connectivity index (χ0) is 15.4. The maximum absolute atomic E-state index is 9.95. The van der Waals surface area contributed by atoms with Gasteiger partial charge in [0.05, 0.1) is 0 Å². The number of hydrogen-bond donors (Lipinski definition) is 2. The van der Waals surface area contributed by atoms with Gasteiger partial charge in [0.2, 0.25) is 0 Å². The zero-order valence-electron chi connectivity index (χ0n) is 13.9. The van der Waals surface area contributed by atoms with Gasteiger partial charge in [0, 0.05) is 12.6 Å². The molecule has 20 heavy (non-hydrogen) atoms. The van der Waals surface area contributed by atoms with E-state index in [1.54, 1.807) is 0 Å². The topological polar surface area (TPSA) is 41.5 Å². The third-order valence-electron chi connectivity index (χ3n) is 4.11. The fraction of sp³-hybridized carbons (Fsp3) is 0.647. The molecule has 1 unspecified atom stereocenters. The van der Waals surface area contributed by atoms with Gasteiger partial charge in [-0.25, -0.2) is 0 Å². The van der Waals surface area contributed by atoms with E-state index in [2.05, 4.69) is 53.8 Å². The fourth-order valence-electron chi connectivity index (χ4n) is 2.29. The van der Waals surface area contributed by atoms with Crippen LogP contribution in [0.15, 0.2) is 0 Å². The van der Waals surface area contributed by atoms with E-state index >= 15 is 0 Å². The highest BCUT2D eigenvalue weighted by molar-refractivity contribution is 5.53. The lowest BCUT2D eigenvalue weighted by molar-refractivity contribution is 0.104. The monoisotopic (exact) mass is 279 g/mol. The molecule has 1 atom stereocenters. The summed E-state index contributed by atoms with van der Waals surface area (Å²) in [7, 11) is 0. The van der Waals surface area contributed by atoms with Crippen LogP contribution in [0.1, 0.15) is 41.7 Å². The summed E-state index contributed by atoms with van der Waals surface area (Å²) >= 11 is 0. The highest BCUT2D eigenvalue weighted by Gasteiger charge is 2.14. The molecule has 0 aliphatic rings. The molecule has 2 N–H and O–H groups in total. The van der Waals surface area contributed by atoms with Crippen molar-refractivity contribution in [3.63, 3.8) is 0 Å². The van der Waals surface area contributed by atoms with Crippen molar-refractivity contribution < 1.29 is 9.84 Å². The molecular formula is C17H29NO2. The molecule has 0 saturated heterocycles. The summed E-state index contributed by atoms with van der Waals surface area (Å²) in [6.45, 7) is 15.6. The average Bonchev–Trinajstić information content (AvgIpc) is 2.40. The molecule has 0 aliphatic heterocycles. The summed E-state index contributed by atoms with van der Waals surface area (Å²) in [5.74, 6) is 0.925. The van der Waals surface area contributed by atoms with Crippen molar-refractivity contribution >= 4 is 0 Å². The van der Waals surface area contributed by atoms with E-state index in [-0.39, 0.29) is 0 Å². The van der Waals surface area contributed by atoms with Crippen LogP contribution in [0, 0.1) is 34.6 Å². The predicted octanol–water partition coefficient (Wildman–Crippen LogP) is 2.97. The Morgan fingerprint density at radius 3 is 1.80 bits per heavy atom. The predicted molar refractivity (Wildman–Crippen MR) is 84.8 cm³/mol. The lowest BCUT2D eigenvalue weighted by Gasteiger charge is -2.21. The second-order valence-corrected chi connectivity index (χ2v) is 5.98. The van der Waals surface area contributed by atoms with Gasteiger partial charge in [0.1, 0.15) is 18.5 Å². The van der Waals surface area contributed by atoms with E-state index in [9.17, 15) is 5.11 Å². The van der Waals surface area contributed by atoms with Crippen LogP contribution in [-0.4, -0.2) is 30.4 Å². The second-order valence-electron chi connectivity index (χ2n) is 5.98. The van der Waals surface area contributed by atoms with Gasteiger partial charge in [0.15, 0.2) is 0 Å². The molecule has 0 saturated carbocycles. The Morgan fingerprint density at radius 1 is 0.900 bits per heavy atom. The standard InChI is InChI=1S/C17H29NO2/c1-10(2)18-8-16(19)9-20-17-14(6)12(4)11(3)13(5)15(17)7/h10,16,18-19H,8-9H2,1-7H3. The highest BCUT2D eigenvalue weighted by Crippen LogP contribution is 2.32. The lowest BCUT2D eigenvalue weighted by Crippen LogP contribution is -2.35. The molecule has 0 heterocycles. The normalized spacial score (nSPS) is 12.8. The smallest absolute Gasteiger partial charge is 0.125 e. The van der Waals surface area contributed by atoms with Gasteiger partial charge in [-0.15, -0.1) is 0 Å². The zero-order valence-corrected chi connectivity index (χ0v) is 13.9. The van der Waals surface area contributed by atoms with Crippen molar-refractivity contribution in [2.75, 3.05) is 13.2 Å². The van der Waals surface area contributed by atoms with E-state index in [0.29, 0.717) is 19.2 Å². The van der Waals surface area contributed by atoms with Crippen molar-refractivity contribution in [2.45, 2.75) is 60.6 Å². The summed E-state index contributed by atoms with van der Waals surface area (Å²) in [6.07, 6.45) is -0.488. The number of aliphatic hydroxyl groups is 1. The Labute approximate surface area is 123 Å². The second kappa shape index (κ2) is 7.09. The first-order valence-corrected chi connectivity index (χ1v) is 7.36. The number of hydrogen-bond acceptors (Lipinski definition) is 3. The molecule has 1 rings (SSSR count). The Balaban J connectivity index is 2.78. The summed E-state index contributed by atoms with van der Waals surface area (Å²) in [4.78, 5) is 0. The van der Waals surface area contributed by atoms with Crippen LogP contribution in [0.25, 0.3) is 0 Å². The largest absolute Gasteiger partial charge is 0.490 e. The Bertz CT molecular complexity index is 438. The molecule has 0 radical (unpaired) electrons. The molecule has 1 aromatic carbocycles. The Kier molecular flexibility index (Phi) is 6.03. The molecule has 0 aromatic heterocycles. The Hall–Kier alpha value is -1.06. The van der Waals surface area contributed by atoms with Crippen LogP contribution in [0.4, 0.5) is 0 Å². The third-order valence-corrected chi connectivity index (χ3v) is 4.11. The number of rotatable bonds is 6. The molecular weight excluding hydrogens is 250 g/mol. The number of nitrogens with one attached hydrogen (secondary N) is 1. The fourth-order valence-corrected chi connectivity index (χ4v) is 2.29. The quantitative estimate of drug-likeness (QED) is 0.841. The van der Waals surface area contributed by atoms with E-state index in [0.717, 1.165) is 5.75 Å². The van der Waals surface area contributed by atoms with Crippen molar-refractivity contribution in [2.24, 2.45) is 0 Å². The van der Waals surface area contributed by atoms with Gasteiger partial charge in [-0.1, -0.05) is 13.8 Å². The minimum atomic E-state index is -0.488. The first kappa shape index (κ1) is 17.0. The molecule has 3 nitrogen and oxygen atoms in total. The first-order chi connectivity index (χ1) is 9.25. The summed E-state index contributed by atoms with van der Waals surface area (Å²) in [5, 5.41) is 13.2. The van der Waals surface area contributed by atoms with Gasteiger partial charge in [-0.05, 0) is 62.4 Å². The van der Waals surface area contributed by atoms with Crippen LogP contribution in [-0.2, 0) is 0 Å². The molecule has 3 heteroatoms. The number of aliphatic hydroxyl groups excluding tert-OH is 1. The van der Waals surface area contributed by atoms with Crippen LogP contribution in [0.3, 0.4) is 0 Å². The molecule has 114 valence electrons. The van der Waals surface area contributed by atoms with Crippen LogP contribution < -0.4 is 10.1 Å². The van der Waals surface area contributed by atoms with Crippen LogP contribution in [0.2, 0.25) is 0 Å². The maximum atomic E-state index is 9.95. The van der Waals surface area contributed by atoms with E-state index < -0.39 is 6.10 Å². The summed E-state index contributed by atoms with van der Waals surface area (Å²) in [6, 6.07) is 0.372. The third kappa shape index (κ3) is 3.97. The average molecular weight is 279 g/mol. The van der Waals surface area contributed by atoms with Gasteiger partial charge in [-0.2, -0.15) is 0 Å². The van der Waals surface area contributed by atoms with Gasteiger partial charge < -0.3 is 15.2 Å². The van der Waals surface area contributed by atoms with Crippen molar-refractivity contribution in [1.82, 2.24) is 5.32 Å². The maximum Gasteiger partial charge on any atom is 0.125 e. The molecule has 0 aliphatic carbocycles. The Morgan fingerprint density at radius 2 is 1.35 bits per heavy atom. The minimum absolute atomic E-state index is 0.323. The molecule has 0 spiro atoms. The van der Waals surface area contributed by atoms with Gasteiger partial charge in [-0.3, -0.25) is 0 Å². The first-order valence-electron chi connectivity index (χ1n) is 7.36. The molecule has 0 fully saturated rings. The highest BCUT2D eigenvalue weighted by atomic mass is 16.5. The van der Waals surface area contributed by atoms with Crippen molar-refractivity contribution in [1.29, 1.82) is 0 Å². The minimum Gasteiger partial charge on any atom is -0.490 e. The van der Waals surface area contributed by atoms with Crippen LogP contribution >= 0.6 is 0 Å². The van der Waals surface area contributed by atoms with E-state index in [4.69, 9.17) is 4.74 Å². The SMILES string of the molecule is Cc1c(C)c(C)c(OCC(O)CNC(C)C)c(C)c1C. The van der Waals surface area contributed by atoms with E-state index in [1.165, 1.54) is 27.8 Å². The summed E-state index contributed by atoms with van der Waals surface area (Å²) in [5.41, 5.74) is 6.23. The summed E-state index contributed by atoms with van der Waals surface area (Å²) < 4.78 is 5.89.